The molecule has 0 saturated heterocycles. The van der Waals surface area contributed by atoms with Crippen LogP contribution >= 0.6 is 0 Å². The number of esters is 1. The number of allylic oxidation sites excluding steroid dienone is 1. The van der Waals surface area contributed by atoms with Crippen LogP contribution in [0.2, 0.25) is 0 Å². The molecule has 1 aliphatic rings. The molecule has 4 heteroatoms. The van der Waals surface area contributed by atoms with Crippen molar-refractivity contribution in [2.24, 2.45) is 0 Å². The molecule has 3 rings (SSSR count). The zero-order chi connectivity index (χ0) is 16.2. The molecule has 0 unspecified atom stereocenters. The van der Waals surface area contributed by atoms with Crippen LogP contribution in [-0.4, -0.2) is 17.7 Å². The molecule has 0 aliphatic carbocycles. The lowest BCUT2D eigenvalue weighted by Crippen LogP contribution is -2.11. The minimum Gasteiger partial charge on any atom is -0.507 e. The van der Waals surface area contributed by atoms with Gasteiger partial charge >= 0.3 is 5.97 Å². The Bertz CT molecular complexity index is 735. The van der Waals surface area contributed by atoms with Crippen molar-refractivity contribution in [3.63, 3.8) is 0 Å². The molecule has 0 atom stereocenters. The molecule has 0 radical (unpaired) electrons. The average molecular weight is 310 g/mol. The average Bonchev–Trinajstić information content (AvgIpc) is 3.02. The third kappa shape index (κ3) is 3.06. The van der Waals surface area contributed by atoms with Gasteiger partial charge in [-0.05, 0) is 12.0 Å². The first-order valence-electron chi connectivity index (χ1n) is 7.53. The van der Waals surface area contributed by atoms with Gasteiger partial charge in [-0.1, -0.05) is 36.4 Å². The van der Waals surface area contributed by atoms with E-state index in [1.807, 2.05) is 30.3 Å². The highest BCUT2D eigenvalue weighted by Gasteiger charge is 2.27. The van der Waals surface area contributed by atoms with Gasteiger partial charge < -0.3 is 14.6 Å². The van der Waals surface area contributed by atoms with Crippen molar-refractivity contribution >= 4 is 5.97 Å². The van der Waals surface area contributed by atoms with Crippen LogP contribution < -0.4 is 4.74 Å². The maximum Gasteiger partial charge on any atom is 0.339 e. The van der Waals surface area contributed by atoms with E-state index < -0.39 is 5.97 Å². The Morgan fingerprint density at radius 1 is 1.35 bits per heavy atom. The van der Waals surface area contributed by atoms with Crippen LogP contribution in [0, 0.1) is 0 Å². The standard InChI is InChI=1S/C19H18O4/c1-2-6-14-16(20)11-17-15(9-10-22-17)18(14)19(21)23-12-13-7-4-3-5-8-13/h2-5,7-8,11,20H,1,6,9-10,12H2. The number of hydrogen-bond donors (Lipinski definition) is 1. The topological polar surface area (TPSA) is 55.8 Å². The second-order valence-corrected chi connectivity index (χ2v) is 5.38. The van der Waals surface area contributed by atoms with E-state index >= 15 is 0 Å². The van der Waals surface area contributed by atoms with Crippen LogP contribution in [0.15, 0.2) is 49.1 Å². The van der Waals surface area contributed by atoms with E-state index in [9.17, 15) is 9.90 Å². The maximum absolute atomic E-state index is 12.6. The first kappa shape index (κ1) is 15.2. The summed E-state index contributed by atoms with van der Waals surface area (Å²) in [7, 11) is 0. The fourth-order valence-corrected chi connectivity index (χ4v) is 2.76. The highest BCUT2D eigenvalue weighted by atomic mass is 16.5. The zero-order valence-corrected chi connectivity index (χ0v) is 12.7. The Hall–Kier alpha value is -2.75. The molecule has 4 nitrogen and oxygen atoms in total. The second kappa shape index (κ2) is 6.57. The summed E-state index contributed by atoms with van der Waals surface area (Å²) >= 11 is 0. The molecule has 2 aromatic rings. The van der Waals surface area contributed by atoms with E-state index in [-0.39, 0.29) is 12.4 Å². The monoisotopic (exact) mass is 310 g/mol. The summed E-state index contributed by atoms with van der Waals surface area (Å²) in [5.74, 6) is 0.155. The molecule has 118 valence electrons. The van der Waals surface area contributed by atoms with Gasteiger partial charge in [0.15, 0.2) is 0 Å². The minimum atomic E-state index is -0.441. The molecule has 1 N–H and O–H groups in total. The fraction of sp³-hybridized carbons (Fsp3) is 0.211. The normalized spacial score (nSPS) is 12.3. The summed E-state index contributed by atoms with van der Waals surface area (Å²) in [5, 5.41) is 10.2. The van der Waals surface area contributed by atoms with Gasteiger partial charge in [0, 0.05) is 23.6 Å². The Labute approximate surface area is 135 Å². The van der Waals surface area contributed by atoms with E-state index in [1.54, 1.807) is 12.1 Å². The zero-order valence-electron chi connectivity index (χ0n) is 12.7. The summed E-state index contributed by atoms with van der Waals surface area (Å²) < 4.78 is 10.9. The van der Waals surface area contributed by atoms with E-state index in [4.69, 9.17) is 9.47 Å². The van der Waals surface area contributed by atoms with Crippen molar-refractivity contribution < 1.29 is 19.4 Å². The van der Waals surface area contributed by atoms with Crippen molar-refractivity contribution in [3.8, 4) is 11.5 Å². The quantitative estimate of drug-likeness (QED) is 0.679. The van der Waals surface area contributed by atoms with Crippen LogP contribution in [-0.2, 0) is 24.2 Å². The van der Waals surface area contributed by atoms with Crippen molar-refractivity contribution in [2.75, 3.05) is 6.61 Å². The van der Waals surface area contributed by atoms with Crippen LogP contribution in [0.1, 0.15) is 27.0 Å². The third-order valence-corrected chi connectivity index (χ3v) is 3.85. The third-order valence-electron chi connectivity index (χ3n) is 3.85. The van der Waals surface area contributed by atoms with Gasteiger partial charge in [0.2, 0.25) is 0 Å². The lowest BCUT2D eigenvalue weighted by molar-refractivity contribution is 0.0470. The van der Waals surface area contributed by atoms with Crippen molar-refractivity contribution in [2.45, 2.75) is 19.4 Å². The van der Waals surface area contributed by atoms with E-state index in [2.05, 4.69) is 6.58 Å². The first-order chi connectivity index (χ1) is 11.2. The van der Waals surface area contributed by atoms with Crippen molar-refractivity contribution in [1.82, 2.24) is 0 Å². The van der Waals surface area contributed by atoms with E-state index in [0.717, 1.165) is 11.1 Å². The lowest BCUT2D eigenvalue weighted by Gasteiger charge is -2.14. The van der Waals surface area contributed by atoms with Gasteiger partial charge in [-0.15, -0.1) is 6.58 Å². The van der Waals surface area contributed by atoms with Crippen LogP contribution in [0.4, 0.5) is 0 Å². The highest BCUT2D eigenvalue weighted by Crippen LogP contribution is 2.37. The molecular weight excluding hydrogens is 292 g/mol. The fourth-order valence-electron chi connectivity index (χ4n) is 2.76. The van der Waals surface area contributed by atoms with Gasteiger partial charge in [0.05, 0.1) is 12.2 Å². The molecule has 0 amide bonds. The number of phenolic OH excluding ortho intramolecular Hbond substituents is 1. The smallest absolute Gasteiger partial charge is 0.339 e. The molecule has 2 aromatic carbocycles. The number of rotatable bonds is 5. The molecule has 0 aromatic heterocycles. The van der Waals surface area contributed by atoms with Crippen LogP contribution in [0.25, 0.3) is 0 Å². The molecule has 0 fully saturated rings. The molecule has 0 spiro atoms. The first-order valence-corrected chi connectivity index (χ1v) is 7.53. The van der Waals surface area contributed by atoms with Gasteiger partial charge in [-0.25, -0.2) is 4.79 Å². The molecule has 1 heterocycles. The number of phenols is 1. The van der Waals surface area contributed by atoms with Gasteiger partial charge in [0.25, 0.3) is 0 Å². The molecule has 1 aliphatic heterocycles. The van der Waals surface area contributed by atoms with E-state index in [1.165, 1.54) is 0 Å². The Balaban J connectivity index is 1.91. The van der Waals surface area contributed by atoms with Gasteiger partial charge in [0.1, 0.15) is 18.1 Å². The second-order valence-electron chi connectivity index (χ2n) is 5.38. The molecule has 0 saturated carbocycles. The molecule has 0 bridgehead atoms. The lowest BCUT2D eigenvalue weighted by atomic mass is 9.96. The summed E-state index contributed by atoms with van der Waals surface area (Å²) in [6, 6.07) is 11.1. The number of hydrogen-bond acceptors (Lipinski definition) is 4. The van der Waals surface area contributed by atoms with E-state index in [0.29, 0.717) is 36.3 Å². The Morgan fingerprint density at radius 3 is 2.87 bits per heavy atom. The Morgan fingerprint density at radius 2 is 2.13 bits per heavy atom. The highest BCUT2D eigenvalue weighted by molar-refractivity contribution is 5.95. The van der Waals surface area contributed by atoms with Crippen LogP contribution in [0.5, 0.6) is 11.5 Å². The molecular formula is C19H18O4. The van der Waals surface area contributed by atoms with Crippen molar-refractivity contribution in [3.05, 3.63) is 71.3 Å². The molecule has 23 heavy (non-hydrogen) atoms. The maximum atomic E-state index is 12.6. The number of carbonyl (C=O) groups is 1. The number of fused-ring (bicyclic) bond motifs is 1. The predicted octanol–water partition coefficient (Wildman–Crippen LogP) is 3.41. The number of ether oxygens (including phenoxy) is 2. The minimum absolute atomic E-state index is 0.0391. The number of carbonyl (C=O) groups excluding carboxylic acids is 1. The summed E-state index contributed by atoms with van der Waals surface area (Å²) in [6.07, 6.45) is 2.69. The SMILES string of the molecule is C=CCc1c(O)cc2c(c1C(=O)OCc1ccccc1)CCO2. The Kier molecular flexibility index (Phi) is 4.33. The number of aromatic hydroxyl groups is 1. The number of benzene rings is 2. The summed E-state index contributed by atoms with van der Waals surface area (Å²) in [6.45, 7) is 4.39. The van der Waals surface area contributed by atoms with Gasteiger partial charge in [-0.3, -0.25) is 0 Å². The summed E-state index contributed by atoms with van der Waals surface area (Å²) in [4.78, 5) is 12.6. The summed E-state index contributed by atoms with van der Waals surface area (Å²) in [5.41, 5.74) is 2.67. The van der Waals surface area contributed by atoms with Gasteiger partial charge in [-0.2, -0.15) is 0 Å². The van der Waals surface area contributed by atoms with Crippen molar-refractivity contribution in [1.29, 1.82) is 0 Å². The largest absolute Gasteiger partial charge is 0.507 e. The predicted molar refractivity (Wildman–Crippen MR) is 86.8 cm³/mol. The van der Waals surface area contributed by atoms with Crippen LogP contribution in [0.3, 0.4) is 0 Å².